The zero-order valence-corrected chi connectivity index (χ0v) is 17.6. The fourth-order valence-electron chi connectivity index (χ4n) is 3.55. The highest BCUT2D eigenvalue weighted by Gasteiger charge is 2.19. The molecule has 2 heterocycles. The molecule has 0 spiro atoms. The number of hydrogen-bond donors (Lipinski definition) is 1. The van der Waals surface area contributed by atoms with Gasteiger partial charge in [-0.25, -0.2) is 4.39 Å². The number of hydrogen-bond acceptors (Lipinski definition) is 4. The van der Waals surface area contributed by atoms with Gasteiger partial charge in [-0.15, -0.1) is 11.7 Å². The Hall–Kier alpha value is -4.07. The lowest BCUT2D eigenvalue weighted by Crippen LogP contribution is -2.27. The maximum absolute atomic E-state index is 13.2. The molecule has 1 amide bonds. The van der Waals surface area contributed by atoms with Crippen molar-refractivity contribution >= 4 is 17.4 Å². The second kappa shape index (κ2) is 8.97. The molecule has 0 unspecified atom stereocenters. The smallest absolute Gasteiger partial charge is 0.279 e. The number of anilines is 1. The minimum absolute atomic E-state index is 0.0906. The largest absolute Gasteiger partial charge is 0.326 e. The molecule has 0 fully saturated rings. The minimum atomic E-state index is -0.377. The summed E-state index contributed by atoms with van der Waals surface area (Å²) in [6.07, 6.45) is 2.04. The van der Waals surface area contributed by atoms with Crippen LogP contribution in [0.5, 0.6) is 0 Å². The molecule has 4 rings (SSSR count). The second-order valence-electron chi connectivity index (χ2n) is 7.34. The maximum Gasteiger partial charge on any atom is 0.279 e. The number of nitrogens with one attached hydrogen (secondary N) is 1. The first-order chi connectivity index (χ1) is 15.5. The Bertz CT molecular complexity index is 1340. The lowest BCUT2D eigenvalue weighted by molar-refractivity contribution is -0.116. The van der Waals surface area contributed by atoms with E-state index in [9.17, 15) is 14.0 Å². The SMILES string of the molecule is C=CCn1c(C)c(CCC(=O)Nc2ccc(F)cc2)c(=O)n2nc(-c3ccccc3)nc12. The second-order valence-corrected chi connectivity index (χ2v) is 7.34. The van der Waals surface area contributed by atoms with E-state index < -0.39 is 0 Å². The standard InChI is InChI=1S/C24H22FN5O2/c1-3-15-29-16(2)20(13-14-21(31)26-19-11-9-18(25)10-12-19)23(32)30-24(29)27-22(28-30)17-7-5-4-6-8-17/h3-12H,1,13-15H2,2H3,(H,26,31). The van der Waals surface area contributed by atoms with Gasteiger partial charge in [-0.05, 0) is 37.6 Å². The van der Waals surface area contributed by atoms with Crippen molar-refractivity contribution in [3.05, 3.63) is 94.7 Å². The van der Waals surface area contributed by atoms with Gasteiger partial charge in [0.1, 0.15) is 5.82 Å². The maximum atomic E-state index is 13.2. The Morgan fingerprint density at radius 2 is 1.88 bits per heavy atom. The van der Waals surface area contributed by atoms with Crippen LogP contribution in [0.4, 0.5) is 10.1 Å². The Kier molecular flexibility index (Phi) is 5.93. The van der Waals surface area contributed by atoms with Crippen LogP contribution >= 0.6 is 0 Å². The van der Waals surface area contributed by atoms with Crippen LogP contribution < -0.4 is 10.9 Å². The van der Waals surface area contributed by atoms with Gasteiger partial charge in [-0.3, -0.25) is 9.59 Å². The van der Waals surface area contributed by atoms with Crippen molar-refractivity contribution in [3.63, 3.8) is 0 Å². The number of halogens is 1. The van der Waals surface area contributed by atoms with Crippen LogP contribution in [0.25, 0.3) is 17.2 Å². The highest BCUT2D eigenvalue weighted by Crippen LogP contribution is 2.17. The molecule has 0 aliphatic rings. The summed E-state index contributed by atoms with van der Waals surface area (Å²) in [6, 6.07) is 14.9. The lowest BCUT2D eigenvalue weighted by Gasteiger charge is -2.14. The van der Waals surface area contributed by atoms with E-state index in [1.165, 1.54) is 28.8 Å². The van der Waals surface area contributed by atoms with Gasteiger partial charge in [-0.2, -0.15) is 9.50 Å². The first-order valence-electron chi connectivity index (χ1n) is 10.2. The summed E-state index contributed by atoms with van der Waals surface area (Å²) in [5.74, 6) is 0.226. The molecule has 2 aromatic carbocycles. The number of amides is 1. The van der Waals surface area contributed by atoms with Crippen LogP contribution in [0.15, 0.2) is 72.0 Å². The zero-order valence-electron chi connectivity index (χ0n) is 17.6. The van der Waals surface area contributed by atoms with Crippen molar-refractivity contribution in [1.82, 2.24) is 19.2 Å². The Labute approximate surface area is 183 Å². The lowest BCUT2D eigenvalue weighted by atomic mass is 10.1. The number of benzene rings is 2. The topological polar surface area (TPSA) is 81.3 Å². The Morgan fingerprint density at radius 3 is 2.56 bits per heavy atom. The molecule has 0 atom stereocenters. The van der Waals surface area contributed by atoms with Gasteiger partial charge in [0, 0.05) is 35.5 Å². The third kappa shape index (κ3) is 4.20. The van der Waals surface area contributed by atoms with Gasteiger partial charge in [0.25, 0.3) is 5.56 Å². The van der Waals surface area contributed by atoms with E-state index in [0.717, 1.165) is 5.56 Å². The summed E-state index contributed by atoms with van der Waals surface area (Å²) in [5, 5.41) is 7.15. The van der Waals surface area contributed by atoms with Gasteiger partial charge in [0.2, 0.25) is 11.7 Å². The Morgan fingerprint density at radius 1 is 1.16 bits per heavy atom. The molecule has 0 bridgehead atoms. The van der Waals surface area contributed by atoms with Crippen LogP contribution in [0.2, 0.25) is 0 Å². The highest BCUT2D eigenvalue weighted by atomic mass is 19.1. The molecular weight excluding hydrogens is 409 g/mol. The summed E-state index contributed by atoms with van der Waals surface area (Å²) < 4.78 is 16.2. The molecule has 0 radical (unpaired) electrons. The van der Waals surface area contributed by atoms with Crippen LogP contribution in [0, 0.1) is 12.7 Å². The van der Waals surface area contributed by atoms with E-state index in [0.29, 0.717) is 35.1 Å². The molecule has 32 heavy (non-hydrogen) atoms. The summed E-state index contributed by atoms with van der Waals surface area (Å²) >= 11 is 0. The number of nitrogens with zero attached hydrogens (tertiary/aromatic N) is 4. The molecule has 2 aromatic heterocycles. The van der Waals surface area contributed by atoms with Crippen molar-refractivity contribution in [1.29, 1.82) is 0 Å². The monoisotopic (exact) mass is 431 g/mol. The zero-order chi connectivity index (χ0) is 22.7. The van der Waals surface area contributed by atoms with E-state index in [2.05, 4.69) is 22.0 Å². The molecule has 0 aliphatic carbocycles. The molecular formula is C24H22FN5O2. The Balaban J connectivity index is 1.66. The van der Waals surface area contributed by atoms with Crippen LogP contribution in [0.1, 0.15) is 17.7 Å². The molecule has 162 valence electrons. The predicted octanol–water partition coefficient (Wildman–Crippen LogP) is 3.76. The molecule has 1 N–H and O–H groups in total. The number of fused-ring (bicyclic) bond motifs is 1. The molecule has 7 nitrogen and oxygen atoms in total. The number of carbonyl (C=O) groups excluding carboxylic acids is 1. The first kappa shape index (κ1) is 21.2. The van der Waals surface area contributed by atoms with Crippen molar-refractivity contribution in [2.24, 2.45) is 0 Å². The van der Waals surface area contributed by atoms with Gasteiger partial charge in [0.15, 0.2) is 5.82 Å². The van der Waals surface area contributed by atoms with Crippen molar-refractivity contribution in [2.75, 3.05) is 5.32 Å². The fourth-order valence-corrected chi connectivity index (χ4v) is 3.55. The average Bonchev–Trinajstić information content (AvgIpc) is 3.24. The number of aromatic nitrogens is 4. The van der Waals surface area contributed by atoms with Gasteiger partial charge >= 0.3 is 0 Å². The van der Waals surface area contributed by atoms with Crippen molar-refractivity contribution in [3.8, 4) is 11.4 Å². The predicted molar refractivity (Wildman–Crippen MR) is 121 cm³/mol. The third-order valence-electron chi connectivity index (χ3n) is 5.20. The number of allylic oxidation sites excluding steroid dienone is 1. The quantitative estimate of drug-likeness (QED) is 0.452. The summed E-state index contributed by atoms with van der Waals surface area (Å²) in [7, 11) is 0. The van der Waals surface area contributed by atoms with E-state index >= 15 is 0 Å². The molecule has 8 heteroatoms. The molecule has 0 aliphatic heterocycles. The van der Waals surface area contributed by atoms with Gasteiger partial charge in [0.05, 0.1) is 0 Å². The fraction of sp³-hybridized carbons (Fsp3) is 0.167. The first-order valence-corrected chi connectivity index (χ1v) is 10.2. The van der Waals surface area contributed by atoms with E-state index in [1.54, 1.807) is 6.08 Å². The van der Waals surface area contributed by atoms with Crippen molar-refractivity contribution in [2.45, 2.75) is 26.3 Å². The summed E-state index contributed by atoms with van der Waals surface area (Å²) in [4.78, 5) is 30.2. The third-order valence-corrected chi connectivity index (χ3v) is 5.20. The van der Waals surface area contributed by atoms with E-state index in [4.69, 9.17) is 0 Å². The van der Waals surface area contributed by atoms with Crippen LogP contribution in [-0.2, 0) is 17.8 Å². The highest BCUT2D eigenvalue weighted by molar-refractivity contribution is 5.90. The summed E-state index contributed by atoms with van der Waals surface area (Å²) in [5.41, 5.74) is 2.19. The summed E-state index contributed by atoms with van der Waals surface area (Å²) in [6.45, 7) is 6.07. The van der Waals surface area contributed by atoms with Crippen LogP contribution in [0.3, 0.4) is 0 Å². The van der Waals surface area contributed by atoms with Crippen molar-refractivity contribution < 1.29 is 9.18 Å². The molecule has 4 aromatic rings. The molecule has 0 saturated heterocycles. The van der Waals surface area contributed by atoms with Gasteiger partial charge < -0.3 is 9.88 Å². The number of rotatable bonds is 7. The normalized spacial score (nSPS) is 10.9. The average molecular weight is 431 g/mol. The van der Waals surface area contributed by atoms with Gasteiger partial charge in [-0.1, -0.05) is 36.4 Å². The molecule has 0 saturated carbocycles. The number of carbonyl (C=O) groups is 1. The van der Waals surface area contributed by atoms with E-state index in [1.807, 2.05) is 41.8 Å². The minimum Gasteiger partial charge on any atom is -0.326 e. The van der Waals surface area contributed by atoms with Crippen LogP contribution in [-0.4, -0.2) is 25.1 Å². The van der Waals surface area contributed by atoms with E-state index in [-0.39, 0.29) is 30.1 Å².